The molecule has 3 fully saturated rings. The van der Waals surface area contributed by atoms with Crippen LogP contribution >= 0.6 is 12.4 Å². The second kappa shape index (κ2) is 6.82. The van der Waals surface area contributed by atoms with E-state index in [4.69, 9.17) is 0 Å². The van der Waals surface area contributed by atoms with Gasteiger partial charge in [-0.25, -0.2) is 0 Å². The zero-order chi connectivity index (χ0) is 15.0. The Labute approximate surface area is 145 Å². The third-order valence-electron chi connectivity index (χ3n) is 5.98. The van der Waals surface area contributed by atoms with Crippen molar-refractivity contribution in [1.82, 2.24) is 10.2 Å². The molecule has 3 aliphatic rings. The fourth-order valence-corrected chi connectivity index (χ4v) is 4.43. The Bertz CT molecular complexity index is 530. The lowest BCUT2D eigenvalue weighted by Gasteiger charge is -2.36. The lowest BCUT2D eigenvalue weighted by molar-refractivity contribution is -0.135. The van der Waals surface area contributed by atoms with Crippen LogP contribution in [0.5, 0.6) is 0 Å². The van der Waals surface area contributed by atoms with Gasteiger partial charge in [-0.1, -0.05) is 30.3 Å². The van der Waals surface area contributed by atoms with E-state index in [-0.39, 0.29) is 17.8 Å². The minimum absolute atomic E-state index is 0. The predicted octanol–water partition coefficient (Wildman–Crippen LogP) is 3.13. The molecule has 0 radical (unpaired) electrons. The Morgan fingerprint density at radius 3 is 2.35 bits per heavy atom. The molecule has 2 heterocycles. The molecule has 1 aromatic rings. The fourth-order valence-electron chi connectivity index (χ4n) is 4.43. The number of carbonyl (C=O) groups excluding carboxylic acids is 1. The van der Waals surface area contributed by atoms with Gasteiger partial charge in [-0.3, -0.25) is 4.79 Å². The van der Waals surface area contributed by atoms with E-state index in [9.17, 15) is 4.79 Å². The van der Waals surface area contributed by atoms with E-state index in [1.54, 1.807) is 0 Å². The minimum Gasteiger partial charge on any atom is -0.342 e. The Morgan fingerprint density at radius 1 is 1.09 bits per heavy atom. The third kappa shape index (κ3) is 3.14. The van der Waals surface area contributed by atoms with Crippen LogP contribution in [0.4, 0.5) is 0 Å². The Morgan fingerprint density at radius 2 is 1.78 bits per heavy atom. The van der Waals surface area contributed by atoms with Crippen LogP contribution in [0.15, 0.2) is 30.3 Å². The molecule has 1 atom stereocenters. The highest BCUT2D eigenvalue weighted by Crippen LogP contribution is 2.50. The van der Waals surface area contributed by atoms with Crippen molar-refractivity contribution in [2.75, 3.05) is 19.6 Å². The number of hydrogen-bond acceptors (Lipinski definition) is 2. The van der Waals surface area contributed by atoms with E-state index in [1.165, 1.54) is 37.8 Å². The summed E-state index contributed by atoms with van der Waals surface area (Å²) in [5, 5.41) is 3.64. The normalized spacial score (nSPS) is 26.6. The number of piperidine rings is 1. The maximum Gasteiger partial charge on any atom is 0.233 e. The molecule has 0 spiro atoms. The molecule has 4 rings (SSSR count). The summed E-state index contributed by atoms with van der Waals surface area (Å²) in [6.45, 7) is 3.09. The highest BCUT2D eigenvalue weighted by molar-refractivity contribution is 5.91. The Balaban J connectivity index is 0.00000156. The van der Waals surface area contributed by atoms with E-state index in [0.29, 0.717) is 11.9 Å². The molecule has 1 aromatic carbocycles. The second-order valence-corrected chi connectivity index (χ2v) is 7.28. The predicted molar refractivity (Wildman–Crippen MR) is 94.9 cm³/mol. The SMILES string of the molecule is Cl.O=C(N1CCC(C2CCCN2)CC1)C1(c2ccccc2)CC1. The quantitative estimate of drug-likeness (QED) is 0.921. The topological polar surface area (TPSA) is 32.3 Å². The van der Waals surface area contributed by atoms with Crippen molar-refractivity contribution >= 4 is 18.3 Å². The van der Waals surface area contributed by atoms with E-state index in [1.807, 2.05) is 6.07 Å². The van der Waals surface area contributed by atoms with Crippen LogP contribution in [-0.2, 0) is 10.2 Å². The molecule has 2 aliphatic heterocycles. The Hall–Kier alpha value is -1.06. The van der Waals surface area contributed by atoms with Crippen molar-refractivity contribution in [2.45, 2.75) is 50.0 Å². The number of rotatable bonds is 3. The number of carbonyl (C=O) groups is 1. The summed E-state index contributed by atoms with van der Waals surface area (Å²) < 4.78 is 0. The average molecular weight is 335 g/mol. The molecule has 4 heteroatoms. The smallest absolute Gasteiger partial charge is 0.233 e. The van der Waals surface area contributed by atoms with Gasteiger partial charge in [0.2, 0.25) is 5.91 Å². The van der Waals surface area contributed by atoms with Gasteiger partial charge in [0.05, 0.1) is 5.41 Å². The first-order chi connectivity index (χ1) is 10.8. The zero-order valence-electron chi connectivity index (χ0n) is 13.7. The second-order valence-electron chi connectivity index (χ2n) is 7.28. The van der Waals surface area contributed by atoms with Gasteiger partial charge in [-0.2, -0.15) is 0 Å². The fraction of sp³-hybridized carbons (Fsp3) is 0.632. The van der Waals surface area contributed by atoms with Gasteiger partial charge in [-0.05, 0) is 56.6 Å². The molecule has 0 bridgehead atoms. The molecule has 1 saturated carbocycles. The molecule has 1 N–H and O–H groups in total. The van der Waals surface area contributed by atoms with Gasteiger partial charge in [0.15, 0.2) is 0 Å². The lowest BCUT2D eigenvalue weighted by Crippen LogP contribution is -2.46. The van der Waals surface area contributed by atoms with Crippen molar-refractivity contribution in [3.63, 3.8) is 0 Å². The van der Waals surface area contributed by atoms with Crippen LogP contribution in [0.3, 0.4) is 0 Å². The summed E-state index contributed by atoms with van der Waals surface area (Å²) in [5.41, 5.74) is 1.04. The van der Waals surface area contributed by atoms with Gasteiger partial charge in [0, 0.05) is 19.1 Å². The highest BCUT2D eigenvalue weighted by Gasteiger charge is 2.53. The van der Waals surface area contributed by atoms with Crippen LogP contribution in [0.1, 0.15) is 44.1 Å². The number of likely N-dealkylation sites (tertiary alicyclic amines) is 1. The van der Waals surface area contributed by atoms with Crippen LogP contribution in [0.2, 0.25) is 0 Å². The molecular formula is C19H27ClN2O. The number of amides is 1. The van der Waals surface area contributed by atoms with Crippen LogP contribution in [-0.4, -0.2) is 36.5 Å². The highest BCUT2D eigenvalue weighted by atomic mass is 35.5. The zero-order valence-corrected chi connectivity index (χ0v) is 14.5. The summed E-state index contributed by atoms with van der Waals surface area (Å²) in [5.74, 6) is 1.16. The van der Waals surface area contributed by atoms with Gasteiger partial charge in [0.1, 0.15) is 0 Å². The summed E-state index contributed by atoms with van der Waals surface area (Å²) in [7, 11) is 0. The molecule has 126 valence electrons. The monoisotopic (exact) mass is 334 g/mol. The van der Waals surface area contributed by atoms with Gasteiger partial charge in [0.25, 0.3) is 0 Å². The molecule has 0 aromatic heterocycles. The van der Waals surface area contributed by atoms with Crippen LogP contribution in [0.25, 0.3) is 0 Å². The van der Waals surface area contributed by atoms with Crippen molar-refractivity contribution in [1.29, 1.82) is 0 Å². The van der Waals surface area contributed by atoms with Crippen molar-refractivity contribution < 1.29 is 4.79 Å². The van der Waals surface area contributed by atoms with E-state index < -0.39 is 0 Å². The maximum atomic E-state index is 13.0. The van der Waals surface area contributed by atoms with E-state index in [2.05, 4.69) is 34.5 Å². The largest absolute Gasteiger partial charge is 0.342 e. The first-order valence-corrected chi connectivity index (χ1v) is 8.88. The average Bonchev–Trinajstić information content (AvgIpc) is 3.22. The number of halogens is 1. The number of benzene rings is 1. The first-order valence-electron chi connectivity index (χ1n) is 8.88. The van der Waals surface area contributed by atoms with E-state index in [0.717, 1.165) is 31.8 Å². The van der Waals surface area contributed by atoms with Gasteiger partial charge < -0.3 is 10.2 Å². The molecular weight excluding hydrogens is 308 g/mol. The maximum absolute atomic E-state index is 13.0. The summed E-state index contributed by atoms with van der Waals surface area (Å²) in [6, 6.07) is 11.1. The van der Waals surface area contributed by atoms with Gasteiger partial charge >= 0.3 is 0 Å². The number of nitrogens with zero attached hydrogens (tertiary/aromatic N) is 1. The molecule has 3 nitrogen and oxygen atoms in total. The van der Waals surface area contributed by atoms with Crippen molar-refractivity contribution in [3.05, 3.63) is 35.9 Å². The summed E-state index contributed by atoms with van der Waals surface area (Å²) in [6.07, 6.45) is 7.05. The third-order valence-corrected chi connectivity index (χ3v) is 5.98. The first kappa shape index (κ1) is 16.8. The standard InChI is InChI=1S/C19H26N2O.ClH/c22-18(19(10-11-19)16-5-2-1-3-6-16)21-13-8-15(9-14-21)17-7-4-12-20-17;/h1-3,5-6,15,17,20H,4,7-14H2;1H. The minimum atomic E-state index is -0.181. The molecule has 2 saturated heterocycles. The van der Waals surface area contributed by atoms with E-state index >= 15 is 0 Å². The summed E-state index contributed by atoms with van der Waals surface area (Å²) in [4.78, 5) is 15.2. The molecule has 1 unspecified atom stereocenters. The van der Waals surface area contributed by atoms with Crippen molar-refractivity contribution in [3.8, 4) is 0 Å². The summed E-state index contributed by atoms with van der Waals surface area (Å²) >= 11 is 0. The van der Waals surface area contributed by atoms with Crippen LogP contribution in [0, 0.1) is 5.92 Å². The van der Waals surface area contributed by atoms with Crippen LogP contribution < -0.4 is 5.32 Å². The van der Waals surface area contributed by atoms with Gasteiger partial charge in [-0.15, -0.1) is 12.4 Å². The molecule has 1 amide bonds. The number of nitrogens with one attached hydrogen (secondary N) is 1. The molecule has 1 aliphatic carbocycles. The number of hydrogen-bond donors (Lipinski definition) is 1. The lowest BCUT2D eigenvalue weighted by atomic mass is 9.87. The Kier molecular flexibility index (Phi) is 4.98. The molecule has 23 heavy (non-hydrogen) atoms. The van der Waals surface area contributed by atoms with Crippen molar-refractivity contribution in [2.24, 2.45) is 5.92 Å².